The van der Waals surface area contributed by atoms with E-state index in [1.165, 1.54) is 98.5 Å². The standard InChI is InChI=1S/C87H62N4/c1-4-27-59(28-5-2)90-81-45-25-21-41-72(81)77-56-65(50-52-83(77)90)89(61-31-11-7-12-32-61)85-57-78(86(73-42-18-17-39-70(73)85)87(3)79-43-23-19-37-68(79)69-38-20-24-44-80(69)87)75-53-58-47-48-63(54-74(58)66-35-15-16-36-67(66)75)88(60-29-9-6-10-30-60)64-49-51-84-76(55-64)71-40-22-26-46-82(71)91(84)62-33-13-8-14-34-62/h4-57H,1H2,2-3H3/b28-5-,59-27+. The van der Waals surface area contributed by atoms with Crippen LogP contribution in [0.1, 0.15) is 30.5 Å². The number of hydrogen-bond acceptors (Lipinski definition) is 2. The summed E-state index contributed by atoms with van der Waals surface area (Å²) in [4.78, 5) is 4.92. The second-order valence-corrected chi connectivity index (χ2v) is 24.1. The molecule has 4 nitrogen and oxygen atoms in total. The Kier molecular flexibility index (Phi) is 12.7. The number of anilines is 6. The molecule has 16 aromatic rings. The van der Waals surface area contributed by atoms with Crippen molar-refractivity contribution < 1.29 is 0 Å². The minimum Gasteiger partial charge on any atom is -0.310 e. The first-order chi connectivity index (χ1) is 45.0. The van der Waals surface area contributed by atoms with Crippen molar-refractivity contribution in [2.24, 2.45) is 0 Å². The van der Waals surface area contributed by atoms with E-state index in [-0.39, 0.29) is 0 Å². The van der Waals surface area contributed by atoms with Crippen LogP contribution < -0.4 is 9.80 Å². The first-order valence-electron chi connectivity index (χ1n) is 31.5. The van der Waals surface area contributed by atoms with Crippen molar-refractivity contribution in [1.29, 1.82) is 0 Å². The van der Waals surface area contributed by atoms with Crippen LogP contribution in [0.25, 0.3) is 110 Å². The van der Waals surface area contributed by atoms with E-state index < -0.39 is 5.41 Å². The third kappa shape index (κ3) is 8.37. The highest BCUT2D eigenvalue weighted by Gasteiger charge is 2.44. The Morgan fingerprint density at radius 2 is 0.835 bits per heavy atom. The van der Waals surface area contributed by atoms with Crippen LogP contribution in [0.3, 0.4) is 0 Å². The molecule has 0 atom stereocenters. The van der Waals surface area contributed by atoms with Crippen LogP contribution in [0.2, 0.25) is 0 Å². The summed E-state index contributed by atoms with van der Waals surface area (Å²) >= 11 is 0. The highest BCUT2D eigenvalue weighted by molar-refractivity contribution is 6.19. The van der Waals surface area contributed by atoms with Crippen molar-refractivity contribution in [3.8, 4) is 27.9 Å². The number of benzene rings is 14. The summed E-state index contributed by atoms with van der Waals surface area (Å²) in [6.07, 6.45) is 8.23. The highest BCUT2D eigenvalue weighted by Crippen LogP contribution is 2.58. The van der Waals surface area contributed by atoms with Crippen molar-refractivity contribution in [2.75, 3.05) is 9.80 Å². The normalized spacial score (nSPS) is 12.9. The maximum absolute atomic E-state index is 4.12. The lowest BCUT2D eigenvalue weighted by molar-refractivity contribution is 0.723. The fourth-order valence-electron chi connectivity index (χ4n) is 15.3. The smallest absolute Gasteiger partial charge is 0.0546 e. The summed E-state index contributed by atoms with van der Waals surface area (Å²) in [6.45, 7) is 8.67. The van der Waals surface area contributed by atoms with Crippen molar-refractivity contribution in [3.05, 3.63) is 351 Å². The maximum Gasteiger partial charge on any atom is 0.0546 e. The average Bonchev–Trinajstić information content (AvgIpc) is 1.65. The zero-order valence-corrected chi connectivity index (χ0v) is 50.7. The third-order valence-electron chi connectivity index (χ3n) is 19.1. The summed E-state index contributed by atoms with van der Waals surface area (Å²) in [6, 6.07) is 113. The van der Waals surface area contributed by atoms with Crippen molar-refractivity contribution >= 4 is 116 Å². The summed E-state index contributed by atoms with van der Waals surface area (Å²) < 4.78 is 4.75. The molecular formula is C87H62N4. The van der Waals surface area contributed by atoms with E-state index in [1.807, 2.05) is 6.08 Å². The minimum absolute atomic E-state index is 0.562. The van der Waals surface area contributed by atoms with E-state index in [0.29, 0.717) is 0 Å². The summed E-state index contributed by atoms with van der Waals surface area (Å²) in [5, 5.41) is 11.9. The molecule has 2 heterocycles. The van der Waals surface area contributed by atoms with Gasteiger partial charge in [-0.05, 0) is 201 Å². The molecule has 0 aliphatic heterocycles. The van der Waals surface area contributed by atoms with Gasteiger partial charge in [0.25, 0.3) is 0 Å². The number of hydrogen-bond donors (Lipinski definition) is 0. The molecule has 0 unspecified atom stereocenters. The topological polar surface area (TPSA) is 16.3 Å². The Bertz CT molecular complexity index is 5600. The molecule has 1 aliphatic carbocycles. The molecule has 4 heteroatoms. The molecule has 0 saturated heterocycles. The van der Waals surface area contributed by atoms with Gasteiger partial charge in [-0.15, -0.1) is 0 Å². The van der Waals surface area contributed by atoms with E-state index >= 15 is 0 Å². The van der Waals surface area contributed by atoms with Crippen LogP contribution in [-0.4, -0.2) is 9.13 Å². The molecule has 0 bridgehead atoms. The number of fused-ring (bicyclic) bond motifs is 13. The Hall–Kier alpha value is -11.7. The first-order valence-corrected chi connectivity index (χ1v) is 31.5. The Morgan fingerprint density at radius 3 is 1.49 bits per heavy atom. The number of rotatable bonds is 12. The Balaban J connectivity index is 0.924. The van der Waals surface area contributed by atoms with Gasteiger partial charge in [-0.3, -0.25) is 0 Å². The predicted molar refractivity (Wildman–Crippen MR) is 388 cm³/mol. The molecule has 0 fully saturated rings. The second kappa shape index (κ2) is 21.6. The van der Waals surface area contributed by atoms with Gasteiger partial charge in [0.1, 0.15) is 0 Å². The third-order valence-corrected chi connectivity index (χ3v) is 19.1. The molecule has 14 aromatic carbocycles. The molecule has 0 N–H and O–H groups in total. The van der Waals surface area contributed by atoms with Crippen LogP contribution in [0.4, 0.5) is 34.1 Å². The lowest BCUT2D eigenvalue weighted by Crippen LogP contribution is -2.24. The van der Waals surface area contributed by atoms with Gasteiger partial charge >= 0.3 is 0 Å². The maximum atomic E-state index is 4.12. The quantitative estimate of drug-likeness (QED) is 0.0895. The Labute approximate surface area is 529 Å². The lowest BCUT2D eigenvalue weighted by atomic mass is 9.69. The van der Waals surface area contributed by atoms with Gasteiger partial charge in [0, 0.05) is 72.2 Å². The number of nitrogens with zero attached hydrogens (tertiary/aromatic N) is 4. The van der Waals surface area contributed by atoms with E-state index in [4.69, 9.17) is 0 Å². The highest BCUT2D eigenvalue weighted by atomic mass is 15.2. The van der Waals surface area contributed by atoms with Crippen molar-refractivity contribution in [2.45, 2.75) is 19.3 Å². The summed E-state index contributed by atoms with van der Waals surface area (Å²) in [5.41, 5.74) is 21.5. The van der Waals surface area contributed by atoms with Crippen LogP contribution in [0, 0.1) is 0 Å². The summed E-state index contributed by atoms with van der Waals surface area (Å²) in [5.74, 6) is 0. The predicted octanol–water partition coefficient (Wildman–Crippen LogP) is 23.9. The van der Waals surface area contributed by atoms with Gasteiger partial charge in [0.2, 0.25) is 0 Å². The largest absolute Gasteiger partial charge is 0.310 e. The van der Waals surface area contributed by atoms with Crippen LogP contribution >= 0.6 is 0 Å². The van der Waals surface area contributed by atoms with Crippen LogP contribution in [0.5, 0.6) is 0 Å². The molecule has 2 aromatic heterocycles. The number of aromatic nitrogens is 2. The molecule has 91 heavy (non-hydrogen) atoms. The molecule has 17 rings (SSSR count). The number of allylic oxidation sites excluding steroid dienone is 5. The van der Waals surface area contributed by atoms with E-state index in [9.17, 15) is 0 Å². The first kappa shape index (κ1) is 53.5. The van der Waals surface area contributed by atoms with Crippen molar-refractivity contribution in [1.82, 2.24) is 9.13 Å². The molecule has 0 saturated carbocycles. The van der Waals surface area contributed by atoms with Gasteiger partial charge in [-0.2, -0.15) is 0 Å². The molecular weight excluding hydrogens is 1100 g/mol. The van der Waals surface area contributed by atoms with Gasteiger partial charge in [-0.1, -0.05) is 213 Å². The second-order valence-electron chi connectivity index (χ2n) is 24.1. The molecule has 430 valence electrons. The van der Waals surface area contributed by atoms with E-state index in [1.54, 1.807) is 0 Å². The average molecular weight is 1160 g/mol. The van der Waals surface area contributed by atoms with Crippen LogP contribution in [0.15, 0.2) is 334 Å². The molecule has 0 spiro atoms. The zero-order valence-electron chi connectivity index (χ0n) is 50.7. The lowest BCUT2D eigenvalue weighted by Gasteiger charge is -2.35. The van der Waals surface area contributed by atoms with E-state index in [0.717, 1.165) is 61.9 Å². The Morgan fingerprint density at radius 1 is 0.363 bits per heavy atom. The van der Waals surface area contributed by atoms with Crippen molar-refractivity contribution in [3.63, 3.8) is 0 Å². The fourth-order valence-corrected chi connectivity index (χ4v) is 15.3. The van der Waals surface area contributed by atoms with Crippen LogP contribution in [-0.2, 0) is 5.41 Å². The monoisotopic (exact) mass is 1160 g/mol. The zero-order chi connectivity index (χ0) is 60.7. The van der Waals surface area contributed by atoms with Gasteiger partial charge in [-0.25, -0.2) is 0 Å². The SMILES string of the molecule is C=C/C=C(\C=C/C)n1c2ccccc2c2cc(N(c3ccccc3)c3cc(-c4cc5ccc(N(c6ccccc6)c6ccc7c(c6)c6ccccc6n7-c6ccccc6)cc5c5ccccc45)c(C4(C)c5ccccc5-c5ccccc54)c4ccccc34)ccc21. The molecule has 0 amide bonds. The summed E-state index contributed by atoms with van der Waals surface area (Å²) in [7, 11) is 0. The van der Waals surface area contributed by atoms with Gasteiger partial charge < -0.3 is 18.9 Å². The van der Waals surface area contributed by atoms with Gasteiger partial charge in [0.15, 0.2) is 0 Å². The fraction of sp³-hybridized carbons (Fsp3) is 0.0345. The van der Waals surface area contributed by atoms with Gasteiger partial charge in [0.05, 0.1) is 27.8 Å². The van der Waals surface area contributed by atoms with E-state index in [2.05, 4.69) is 361 Å². The minimum atomic E-state index is -0.562. The molecule has 0 radical (unpaired) electrons. The molecule has 1 aliphatic rings. The number of para-hydroxylation sites is 5.